The number of methoxy groups -OCH3 is 1. The van der Waals surface area contributed by atoms with E-state index in [2.05, 4.69) is 153 Å². The normalized spacial score (nSPS) is 16.7. The van der Waals surface area contributed by atoms with Crippen LogP contribution in [0.2, 0.25) is 5.02 Å². The number of hydrogen-bond donors (Lipinski definition) is 3. The quantitative estimate of drug-likeness (QED) is 0.0281. The Balaban J connectivity index is 0.000000287. The topological polar surface area (TPSA) is 131 Å². The van der Waals surface area contributed by atoms with E-state index in [1.165, 1.54) is 52.1 Å². The van der Waals surface area contributed by atoms with E-state index in [1.807, 2.05) is 77.1 Å². The molecule has 3 fully saturated rings. The predicted octanol–water partition coefficient (Wildman–Crippen LogP) is 23.9. The summed E-state index contributed by atoms with van der Waals surface area (Å²) >= 11 is 6.09. The molecule has 2 amide bonds. The fraction of sp³-hybridized carbons (Fsp3) is 0.596. The molecule has 3 aliphatic heterocycles. The molecular weight excluding hydrogens is 1570 g/mol. The van der Waals surface area contributed by atoms with Gasteiger partial charge in [-0.3, -0.25) is 14.7 Å². The first-order chi connectivity index (χ1) is 56.2. The Labute approximate surface area is 725 Å². The number of likely N-dealkylation sites (tertiary alicyclic amines) is 2. The largest absolute Gasteiger partial charge is 0.450 e. The van der Waals surface area contributed by atoms with E-state index < -0.39 is 40.6 Å². The highest BCUT2D eigenvalue weighted by Gasteiger charge is 2.41. The average Bonchev–Trinajstić information content (AvgIpc) is 0.804. The molecule has 13 nitrogen and oxygen atoms in total. The van der Waals surface area contributed by atoms with E-state index in [-0.39, 0.29) is 57.5 Å². The van der Waals surface area contributed by atoms with Crippen LogP contribution in [-0.4, -0.2) is 176 Å². The first-order valence-corrected chi connectivity index (χ1v) is 43.6. The second-order valence-corrected chi connectivity index (χ2v) is 37.9. The Morgan fingerprint density at radius 3 is 1.21 bits per heavy atom. The average molecular weight is 1720 g/mol. The molecule has 0 aliphatic carbocycles. The van der Waals surface area contributed by atoms with Crippen LogP contribution in [0.5, 0.6) is 0 Å². The van der Waals surface area contributed by atoms with Crippen molar-refractivity contribution in [3.05, 3.63) is 224 Å². The molecule has 0 aromatic heterocycles. The van der Waals surface area contributed by atoms with Crippen LogP contribution in [0.15, 0.2) is 174 Å². The van der Waals surface area contributed by atoms with E-state index in [0.29, 0.717) is 83.8 Å². The van der Waals surface area contributed by atoms with Crippen LogP contribution in [-0.2, 0) is 59.7 Å². The lowest BCUT2D eigenvalue weighted by molar-refractivity contribution is -0.138. The standard InChI is InChI=1S/C26H34ClNO.C26H42F2N2O2.C24H36F3NO2.C23H33F3N2O2/c1-20(2)18-24(19-25(3,4)21-10-12-23(27)13-11-21)28-16-14-26(29,15-17-28)22-8-6-5-7-9-22;1-9-30(24(31)32-18-20(4)5)15-14-29-23(16-19(2)3)17-25(6,7)21-10-12-22(13-11-21)26(8,27)28;1-18(2)16-21(28-13-10-23(29,11-14-28)12-15-30-5)17-22(3,4)19-6-8-20(9-7-19)24(25,26)27;1-6-30-21(29)28-13-11-27(12-14-28)20(15-17(2)3)16-22(4,5)18-7-9-19(10-8-18)23(24,25)26/h5-13,18,24,29H,14-17,19H2,1-4H3;10-13,16,20,23,29H,9,14-15,17-18H2,1-8H3;6-9,16,21,29H,10-15,17H2,1-5H3;7-10,15,20H,6,11-14,16H2,1-5H3. The number of nitrogens with zero attached hydrogens (tertiary/aromatic N) is 5. The van der Waals surface area contributed by atoms with Gasteiger partial charge in [-0.1, -0.05) is 218 Å². The third kappa shape index (κ3) is 34.8. The molecule has 4 unspecified atom stereocenters. The molecular formula is C99H145ClF8N6O7. The van der Waals surface area contributed by atoms with Crippen molar-refractivity contribution in [1.29, 1.82) is 0 Å². The molecule has 3 N–H and O–H groups in total. The van der Waals surface area contributed by atoms with Crippen molar-refractivity contribution in [3.8, 4) is 0 Å². The van der Waals surface area contributed by atoms with Crippen LogP contribution in [0.3, 0.4) is 0 Å². The molecule has 3 saturated heterocycles. The van der Waals surface area contributed by atoms with E-state index in [0.717, 1.165) is 124 Å². The number of piperazine rings is 1. The van der Waals surface area contributed by atoms with Crippen molar-refractivity contribution in [3.63, 3.8) is 0 Å². The fourth-order valence-corrected chi connectivity index (χ4v) is 16.3. The summed E-state index contributed by atoms with van der Waals surface area (Å²) in [6.07, 6.45) is 6.79. The minimum absolute atomic E-state index is 0.0278. The van der Waals surface area contributed by atoms with Gasteiger partial charge < -0.3 is 39.5 Å². The third-order valence-electron chi connectivity index (χ3n) is 23.4. The van der Waals surface area contributed by atoms with Crippen LogP contribution in [0.4, 0.5) is 44.7 Å². The van der Waals surface area contributed by atoms with Crippen LogP contribution < -0.4 is 5.32 Å². The summed E-state index contributed by atoms with van der Waals surface area (Å²) in [7, 11) is 1.65. The van der Waals surface area contributed by atoms with Crippen molar-refractivity contribution in [1.82, 2.24) is 29.8 Å². The van der Waals surface area contributed by atoms with Gasteiger partial charge in [0.25, 0.3) is 5.92 Å². The molecule has 5 aromatic rings. The SMILES string of the molecule is CC(C)=CC(CC(C)(C)c1ccc(Cl)cc1)N1CCC(O)(c2ccccc2)CC1.CCN(CCNC(C=C(C)C)CC(C)(C)c1ccc(C(C)(F)F)cc1)C(=O)OCC(C)C.CCOC(=O)N1CCN(C(C=C(C)C)CC(C)(C)c2ccc(C(F)(F)F)cc2)CC1.COCCC1(O)CCN(C(C=C(C)C)CC(C)(C)c2ccc(C(F)(F)F)cc2)CC1. The first kappa shape index (κ1) is 105. The summed E-state index contributed by atoms with van der Waals surface area (Å²) in [6.45, 7) is 51.7. The summed E-state index contributed by atoms with van der Waals surface area (Å²) in [4.78, 5) is 34.9. The van der Waals surface area contributed by atoms with Gasteiger partial charge in [-0.2, -0.15) is 26.3 Å². The van der Waals surface area contributed by atoms with Crippen molar-refractivity contribution < 1.29 is 69.1 Å². The highest BCUT2D eigenvalue weighted by molar-refractivity contribution is 6.30. The number of hydrogen-bond acceptors (Lipinski definition) is 11. The zero-order valence-corrected chi connectivity index (χ0v) is 77.4. The summed E-state index contributed by atoms with van der Waals surface area (Å²) in [5, 5.41) is 26.3. The molecule has 5 aromatic carbocycles. The zero-order valence-electron chi connectivity index (χ0n) is 76.7. The minimum Gasteiger partial charge on any atom is -0.450 e. The van der Waals surface area contributed by atoms with Crippen molar-refractivity contribution in [2.75, 3.05) is 98.9 Å². The number of rotatable bonds is 32. The lowest BCUT2D eigenvalue weighted by Crippen LogP contribution is -2.52. The third-order valence-corrected chi connectivity index (χ3v) is 23.7. The summed E-state index contributed by atoms with van der Waals surface area (Å²) < 4.78 is 120. The number of amides is 2. The molecule has 22 heteroatoms. The van der Waals surface area contributed by atoms with E-state index in [4.69, 9.17) is 25.8 Å². The summed E-state index contributed by atoms with van der Waals surface area (Å²) in [5.74, 6) is -2.53. The van der Waals surface area contributed by atoms with Gasteiger partial charge in [0.1, 0.15) is 0 Å². The molecule has 8 rings (SSSR count). The van der Waals surface area contributed by atoms with Crippen LogP contribution in [0.25, 0.3) is 0 Å². The predicted molar refractivity (Wildman–Crippen MR) is 479 cm³/mol. The van der Waals surface area contributed by atoms with Crippen molar-refractivity contribution in [2.24, 2.45) is 5.92 Å². The van der Waals surface area contributed by atoms with E-state index >= 15 is 0 Å². The van der Waals surface area contributed by atoms with Gasteiger partial charge in [-0.15, -0.1) is 0 Å². The smallest absolute Gasteiger partial charge is 0.416 e. The maximum absolute atomic E-state index is 13.6. The second-order valence-electron chi connectivity index (χ2n) is 37.4. The molecule has 3 heterocycles. The molecule has 121 heavy (non-hydrogen) atoms. The van der Waals surface area contributed by atoms with Crippen LogP contribution >= 0.6 is 11.6 Å². The van der Waals surface area contributed by atoms with Crippen molar-refractivity contribution in [2.45, 2.75) is 278 Å². The monoisotopic (exact) mass is 1720 g/mol. The summed E-state index contributed by atoms with van der Waals surface area (Å²) in [5.41, 5.74) is 6.72. The minimum atomic E-state index is -4.33. The number of piperidine rings is 2. The first-order valence-electron chi connectivity index (χ1n) is 43.2. The van der Waals surface area contributed by atoms with Gasteiger partial charge in [-0.05, 0) is 219 Å². The maximum atomic E-state index is 13.6. The van der Waals surface area contributed by atoms with E-state index in [1.54, 1.807) is 60.2 Å². The summed E-state index contributed by atoms with van der Waals surface area (Å²) in [6, 6.07) is 36.8. The highest BCUT2D eigenvalue weighted by Crippen LogP contribution is 2.41. The molecule has 676 valence electrons. The number of nitrogens with one attached hydrogen (secondary N) is 1. The highest BCUT2D eigenvalue weighted by atomic mass is 35.5. The van der Waals surface area contributed by atoms with Gasteiger partial charge in [0.2, 0.25) is 0 Å². The van der Waals surface area contributed by atoms with Crippen LogP contribution in [0, 0.1) is 5.92 Å². The number of ether oxygens (including phenoxy) is 3. The van der Waals surface area contributed by atoms with Gasteiger partial charge in [0, 0.05) is 127 Å². The number of likely N-dealkylation sites (N-methyl/N-ethyl adjacent to an activating group) is 1. The molecule has 0 radical (unpaired) electrons. The zero-order chi connectivity index (χ0) is 90.7. The van der Waals surface area contributed by atoms with Crippen LogP contribution in [0.1, 0.15) is 248 Å². The second kappa shape index (κ2) is 46.9. The molecule has 0 spiro atoms. The van der Waals surface area contributed by atoms with Gasteiger partial charge >= 0.3 is 24.5 Å². The van der Waals surface area contributed by atoms with Gasteiger partial charge in [-0.25, -0.2) is 18.4 Å². The number of benzene rings is 5. The lowest BCUT2D eigenvalue weighted by Gasteiger charge is -2.43. The Bertz CT molecular complexity index is 4020. The number of aliphatic hydroxyl groups is 2. The number of allylic oxidation sites excluding steroid dienone is 4. The number of halogens is 9. The molecule has 0 saturated carbocycles. The number of carbonyl (C=O) groups is 2. The number of carbonyl (C=O) groups excluding carboxylic acids is 2. The fourth-order valence-electron chi connectivity index (χ4n) is 16.2. The number of alkyl halides is 8. The Morgan fingerprint density at radius 1 is 0.496 bits per heavy atom. The van der Waals surface area contributed by atoms with Crippen molar-refractivity contribution >= 4 is 23.8 Å². The Hall–Kier alpha value is -6.95. The Morgan fingerprint density at radius 2 is 0.860 bits per heavy atom. The molecule has 0 bridgehead atoms. The van der Waals surface area contributed by atoms with E-state index in [9.17, 15) is 54.9 Å². The van der Waals surface area contributed by atoms with Gasteiger partial charge in [0.15, 0.2) is 0 Å². The molecule has 4 atom stereocenters. The Kier molecular flexibility index (Phi) is 40.5. The maximum Gasteiger partial charge on any atom is 0.416 e. The lowest BCUT2D eigenvalue weighted by atomic mass is 9.77. The van der Waals surface area contributed by atoms with Gasteiger partial charge in [0.05, 0.1) is 35.5 Å². The molecule has 3 aliphatic rings.